The van der Waals surface area contributed by atoms with E-state index in [9.17, 15) is 18.0 Å². The smallest absolute Gasteiger partial charge is 0.416 e. The molecule has 0 unspecified atom stereocenters. The van der Waals surface area contributed by atoms with Gasteiger partial charge in [0.1, 0.15) is 0 Å². The quantitative estimate of drug-likeness (QED) is 0.352. The summed E-state index contributed by atoms with van der Waals surface area (Å²) in [7, 11) is 0. The molecule has 0 aliphatic heterocycles. The number of ether oxygens (including phenoxy) is 1. The van der Waals surface area contributed by atoms with E-state index in [1.165, 1.54) is 0 Å². The molecule has 0 aliphatic carbocycles. The maximum Gasteiger partial charge on any atom is 0.416 e. The monoisotopic (exact) mass is 480 g/mol. The van der Waals surface area contributed by atoms with Crippen LogP contribution in [0.3, 0.4) is 0 Å². The number of aryl methyl sites for hydroxylation is 1. The van der Waals surface area contributed by atoms with Gasteiger partial charge < -0.3 is 10.1 Å². The molecule has 9 heteroatoms. The molecule has 180 valence electrons. The van der Waals surface area contributed by atoms with Crippen LogP contribution < -0.4 is 10.1 Å². The van der Waals surface area contributed by atoms with Gasteiger partial charge in [-0.1, -0.05) is 29.8 Å². The molecular formula is C26H23F3N4O2. The van der Waals surface area contributed by atoms with Crippen molar-refractivity contribution in [2.24, 2.45) is 0 Å². The number of hydrogen-bond acceptors (Lipinski definition) is 4. The van der Waals surface area contributed by atoms with E-state index in [2.05, 4.69) is 15.4 Å². The lowest BCUT2D eigenvalue weighted by molar-refractivity contribution is -0.137. The van der Waals surface area contributed by atoms with Gasteiger partial charge in [0.2, 0.25) is 0 Å². The van der Waals surface area contributed by atoms with Gasteiger partial charge in [0.25, 0.3) is 5.91 Å². The van der Waals surface area contributed by atoms with E-state index in [0.29, 0.717) is 17.2 Å². The Bertz CT molecular complexity index is 1310. The number of nitrogens with zero attached hydrogens (tertiary/aromatic N) is 3. The van der Waals surface area contributed by atoms with Crippen molar-refractivity contribution in [2.45, 2.75) is 33.1 Å². The molecule has 0 atom stereocenters. The largest absolute Gasteiger partial charge is 0.460 e. The maximum atomic E-state index is 12.7. The van der Waals surface area contributed by atoms with Crippen molar-refractivity contribution in [1.29, 1.82) is 0 Å². The third-order valence-corrected chi connectivity index (χ3v) is 5.08. The van der Waals surface area contributed by atoms with Crippen LogP contribution in [0.15, 0.2) is 72.8 Å². The van der Waals surface area contributed by atoms with Crippen LogP contribution in [-0.4, -0.2) is 26.8 Å². The van der Waals surface area contributed by atoms with E-state index < -0.39 is 17.6 Å². The first kappa shape index (κ1) is 24.0. The number of hydrogen-bond donors (Lipinski definition) is 1. The molecule has 0 saturated heterocycles. The molecular weight excluding hydrogens is 457 g/mol. The molecule has 4 rings (SSSR count). The Morgan fingerprint density at radius 2 is 1.57 bits per heavy atom. The van der Waals surface area contributed by atoms with Crippen LogP contribution in [0.5, 0.6) is 6.01 Å². The summed E-state index contributed by atoms with van der Waals surface area (Å²) in [5.41, 5.74) is 2.47. The number of halogens is 3. The van der Waals surface area contributed by atoms with Crippen molar-refractivity contribution in [2.75, 3.05) is 5.32 Å². The van der Waals surface area contributed by atoms with E-state index >= 15 is 0 Å². The number of carbonyl (C=O) groups excluding carboxylic acids is 1. The maximum absolute atomic E-state index is 12.7. The van der Waals surface area contributed by atoms with Gasteiger partial charge >= 0.3 is 12.2 Å². The van der Waals surface area contributed by atoms with Crippen molar-refractivity contribution in [1.82, 2.24) is 14.8 Å². The summed E-state index contributed by atoms with van der Waals surface area (Å²) in [6.07, 6.45) is -4.55. The Morgan fingerprint density at radius 3 is 2.14 bits per heavy atom. The Kier molecular flexibility index (Phi) is 6.59. The highest BCUT2D eigenvalue weighted by Gasteiger charge is 2.30. The van der Waals surface area contributed by atoms with Gasteiger partial charge in [-0.05, 0) is 69.3 Å². The Morgan fingerprint density at radius 1 is 0.943 bits per heavy atom. The Hall–Kier alpha value is -4.14. The number of nitrogens with one attached hydrogen (secondary N) is 1. The summed E-state index contributed by atoms with van der Waals surface area (Å²) in [5, 5.41) is 7.18. The van der Waals surface area contributed by atoms with Crippen LogP contribution in [-0.2, 0) is 6.18 Å². The standard InChI is InChI=1S/C26H23F3N4O2/c1-16(2)35-25-31-23(18-6-4-17(3)5-7-18)33(32-25)22-14-12-21(13-15-22)30-24(34)19-8-10-20(11-9-19)26(27,28)29/h4-16H,1-3H3,(H,30,34). The average Bonchev–Trinajstić information content (AvgIpc) is 3.22. The number of benzene rings is 3. The lowest BCUT2D eigenvalue weighted by Gasteiger charge is -2.10. The third kappa shape index (κ3) is 5.68. The number of aromatic nitrogens is 3. The second kappa shape index (κ2) is 9.61. The van der Waals surface area contributed by atoms with E-state index in [0.717, 1.165) is 35.4 Å². The van der Waals surface area contributed by atoms with E-state index in [1.54, 1.807) is 28.9 Å². The molecule has 0 radical (unpaired) electrons. The highest BCUT2D eigenvalue weighted by atomic mass is 19.4. The van der Waals surface area contributed by atoms with Gasteiger partial charge in [-0.25, -0.2) is 4.68 Å². The van der Waals surface area contributed by atoms with Crippen molar-refractivity contribution in [3.63, 3.8) is 0 Å². The highest BCUT2D eigenvalue weighted by Crippen LogP contribution is 2.29. The second-order valence-corrected chi connectivity index (χ2v) is 8.24. The lowest BCUT2D eigenvalue weighted by Crippen LogP contribution is -2.13. The van der Waals surface area contributed by atoms with Gasteiger partial charge in [0.05, 0.1) is 17.4 Å². The molecule has 0 fully saturated rings. The van der Waals surface area contributed by atoms with Crippen LogP contribution in [0.1, 0.15) is 35.3 Å². The predicted octanol–water partition coefficient (Wildman–Crippen LogP) is 6.30. The zero-order valence-corrected chi connectivity index (χ0v) is 19.3. The molecule has 0 aliphatic rings. The van der Waals surface area contributed by atoms with Crippen molar-refractivity contribution >= 4 is 11.6 Å². The van der Waals surface area contributed by atoms with Crippen molar-refractivity contribution in [3.05, 3.63) is 89.5 Å². The zero-order valence-electron chi connectivity index (χ0n) is 19.3. The lowest BCUT2D eigenvalue weighted by atomic mass is 10.1. The van der Waals surface area contributed by atoms with Gasteiger partial charge in [-0.15, -0.1) is 5.10 Å². The van der Waals surface area contributed by atoms with Gasteiger partial charge in [0, 0.05) is 16.8 Å². The first-order valence-electron chi connectivity index (χ1n) is 10.9. The first-order chi connectivity index (χ1) is 16.6. The number of anilines is 1. The van der Waals surface area contributed by atoms with E-state index in [1.807, 2.05) is 45.0 Å². The van der Waals surface area contributed by atoms with E-state index in [-0.39, 0.29) is 17.7 Å². The Balaban J connectivity index is 1.57. The molecule has 1 aromatic heterocycles. The van der Waals surface area contributed by atoms with Crippen molar-refractivity contribution in [3.8, 4) is 23.1 Å². The summed E-state index contributed by atoms with van der Waals surface area (Å²) in [4.78, 5) is 17.0. The third-order valence-electron chi connectivity index (χ3n) is 5.08. The SMILES string of the molecule is Cc1ccc(-c2nc(OC(C)C)nn2-c2ccc(NC(=O)c3ccc(C(F)(F)F)cc3)cc2)cc1. The fourth-order valence-corrected chi connectivity index (χ4v) is 3.32. The number of rotatable bonds is 6. The Labute approximate surface area is 200 Å². The molecule has 0 spiro atoms. The molecule has 1 heterocycles. The molecule has 1 amide bonds. The van der Waals surface area contributed by atoms with Crippen molar-refractivity contribution < 1.29 is 22.7 Å². The molecule has 1 N–H and O–H groups in total. The predicted molar refractivity (Wildman–Crippen MR) is 127 cm³/mol. The molecule has 0 bridgehead atoms. The van der Waals surface area contributed by atoms with Crippen LogP contribution in [0.4, 0.5) is 18.9 Å². The first-order valence-corrected chi connectivity index (χ1v) is 10.9. The molecule has 3 aromatic carbocycles. The highest BCUT2D eigenvalue weighted by molar-refractivity contribution is 6.04. The van der Waals surface area contributed by atoms with E-state index in [4.69, 9.17) is 4.74 Å². The van der Waals surface area contributed by atoms with Gasteiger partial charge in [-0.3, -0.25) is 4.79 Å². The van der Waals surface area contributed by atoms with Gasteiger partial charge in [0.15, 0.2) is 5.82 Å². The second-order valence-electron chi connectivity index (χ2n) is 8.24. The molecule has 4 aromatic rings. The van der Waals surface area contributed by atoms with Crippen LogP contribution in [0, 0.1) is 6.92 Å². The molecule has 6 nitrogen and oxygen atoms in total. The number of alkyl halides is 3. The average molecular weight is 480 g/mol. The summed E-state index contributed by atoms with van der Waals surface area (Å²) in [6, 6.07) is 19.0. The minimum Gasteiger partial charge on any atom is -0.460 e. The number of amides is 1. The summed E-state index contributed by atoms with van der Waals surface area (Å²) < 4.78 is 45.6. The summed E-state index contributed by atoms with van der Waals surface area (Å²) in [6.45, 7) is 5.78. The normalized spacial score (nSPS) is 11.5. The number of carbonyl (C=O) groups is 1. The fourth-order valence-electron chi connectivity index (χ4n) is 3.32. The van der Waals surface area contributed by atoms with Crippen LogP contribution >= 0.6 is 0 Å². The zero-order chi connectivity index (χ0) is 25.2. The molecule has 35 heavy (non-hydrogen) atoms. The summed E-state index contributed by atoms with van der Waals surface area (Å²) in [5.74, 6) is 0.0855. The minimum absolute atomic E-state index is 0.0977. The minimum atomic E-state index is -4.45. The van der Waals surface area contributed by atoms with Gasteiger partial charge in [-0.2, -0.15) is 18.2 Å². The van der Waals surface area contributed by atoms with Crippen LogP contribution in [0.2, 0.25) is 0 Å². The van der Waals surface area contributed by atoms with Crippen LogP contribution in [0.25, 0.3) is 17.1 Å². The molecule has 0 saturated carbocycles. The summed E-state index contributed by atoms with van der Waals surface area (Å²) >= 11 is 0. The topological polar surface area (TPSA) is 69.0 Å². The fraction of sp³-hybridized carbons (Fsp3) is 0.192.